The third-order valence-corrected chi connectivity index (χ3v) is 1.85. The molecule has 0 aromatic rings. The number of hydrogen-bond donors (Lipinski definition) is 0. The number of carbonyl (C=O) groups is 2. The molecule has 0 unspecified atom stereocenters. The molecule has 0 aromatic carbocycles. The van der Waals surface area contributed by atoms with E-state index in [-0.39, 0.29) is 24.3 Å². The van der Waals surface area contributed by atoms with Crippen LogP contribution in [0.1, 0.15) is 27.2 Å². The number of carbonyl (C=O) groups excluding carboxylic acids is 2. The summed E-state index contributed by atoms with van der Waals surface area (Å²) in [4.78, 5) is 24.1. The minimum Gasteiger partial charge on any atom is -0.468 e. The van der Waals surface area contributed by atoms with Gasteiger partial charge in [0.25, 0.3) is 0 Å². The Morgan fingerprint density at radius 3 is 2.29 bits per heavy atom. The number of amides is 1. The first-order chi connectivity index (χ1) is 6.52. The maximum atomic E-state index is 11.6. The lowest BCUT2D eigenvalue weighted by molar-refractivity contribution is -0.148. The van der Waals surface area contributed by atoms with Gasteiger partial charge in [0.2, 0.25) is 5.91 Å². The molecule has 0 aliphatic rings. The van der Waals surface area contributed by atoms with Gasteiger partial charge in [0.1, 0.15) is 6.54 Å². The van der Waals surface area contributed by atoms with Crippen molar-refractivity contribution in [2.75, 3.05) is 20.2 Å². The smallest absolute Gasteiger partial charge is 0.325 e. The normalized spacial score (nSPS) is 10.1. The predicted octanol–water partition coefficient (Wildman–Crippen LogP) is 1.05. The fraction of sp³-hybridized carbons (Fsp3) is 0.800. The van der Waals surface area contributed by atoms with Crippen molar-refractivity contribution >= 4 is 11.9 Å². The Kier molecular flexibility index (Phi) is 5.92. The molecule has 0 spiro atoms. The fourth-order valence-electron chi connectivity index (χ4n) is 1.12. The summed E-state index contributed by atoms with van der Waals surface area (Å²) in [6.07, 6.45) is 0.843. The summed E-state index contributed by atoms with van der Waals surface area (Å²) in [6.45, 7) is 6.27. The highest BCUT2D eigenvalue weighted by atomic mass is 16.5. The summed E-state index contributed by atoms with van der Waals surface area (Å²) in [5.74, 6) is -0.448. The topological polar surface area (TPSA) is 46.6 Å². The zero-order valence-corrected chi connectivity index (χ0v) is 9.37. The standard InChI is InChI=1S/C10H19NO3/c1-5-6-11(7-9(12)14-4)10(13)8(2)3/h8H,5-7H2,1-4H3. The number of rotatable bonds is 5. The highest BCUT2D eigenvalue weighted by Crippen LogP contribution is 2.02. The van der Waals surface area contributed by atoms with E-state index in [1.54, 1.807) is 0 Å². The van der Waals surface area contributed by atoms with E-state index < -0.39 is 0 Å². The van der Waals surface area contributed by atoms with Gasteiger partial charge in [-0.05, 0) is 6.42 Å². The van der Waals surface area contributed by atoms with Crippen LogP contribution in [0.5, 0.6) is 0 Å². The summed E-state index contributed by atoms with van der Waals surface area (Å²) < 4.78 is 4.52. The fourth-order valence-corrected chi connectivity index (χ4v) is 1.12. The van der Waals surface area contributed by atoms with Gasteiger partial charge in [0.15, 0.2) is 0 Å². The van der Waals surface area contributed by atoms with Crippen LogP contribution in [-0.4, -0.2) is 37.0 Å². The van der Waals surface area contributed by atoms with Gasteiger partial charge in [-0.15, -0.1) is 0 Å². The van der Waals surface area contributed by atoms with Gasteiger partial charge in [-0.3, -0.25) is 9.59 Å². The molecule has 4 nitrogen and oxygen atoms in total. The van der Waals surface area contributed by atoms with Gasteiger partial charge in [-0.25, -0.2) is 0 Å². The Bertz CT molecular complexity index is 202. The molecule has 0 aromatic heterocycles. The molecule has 0 aliphatic carbocycles. The first-order valence-corrected chi connectivity index (χ1v) is 4.88. The summed E-state index contributed by atoms with van der Waals surface area (Å²) in [7, 11) is 1.33. The van der Waals surface area contributed by atoms with Crippen molar-refractivity contribution in [3.63, 3.8) is 0 Å². The lowest BCUT2D eigenvalue weighted by Crippen LogP contribution is -2.39. The average Bonchev–Trinajstić information content (AvgIpc) is 2.15. The minimum atomic E-state index is -0.368. The van der Waals surface area contributed by atoms with E-state index in [1.807, 2.05) is 20.8 Å². The van der Waals surface area contributed by atoms with Gasteiger partial charge in [-0.2, -0.15) is 0 Å². The lowest BCUT2D eigenvalue weighted by Gasteiger charge is -2.22. The molecule has 0 atom stereocenters. The van der Waals surface area contributed by atoms with Crippen LogP contribution >= 0.6 is 0 Å². The zero-order valence-electron chi connectivity index (χ0n) is 9.37. The van der Waals surface area contributed by atoms with Crippen molar-refractivity contribution in [3.8, 4) is 0 Å². The molecule has 0 saturated heterocycles. The molecule has 14 heavy (non-hydrogen) atoms. The van der Waals surface area contributed by atoms with E-state index in [0.717, 1.165) is 6.42 Å². The number of esters is 1. The second kappa shape index (κ2) is 6.40. The summed E-state index contributed by atoms with van der Waals surface area (Å²) in [5.41, 5.74) is 0. The van der Waals surface area contributed by atoms with Crippen molar-refractivity contribution in [1.29, 1.82) is 0 Å². The van der Waals surface area contributed by atoms with Crippen LogP contribution in [0.2, 0.25) is 0 Å². The molecule has 0 bridgehead atoms. The van der Waals surface area contributed by atoms with E-state index in [9.17, 15) is 9.59 Å². The number of nitrogens with zero attached hydrogens (tertiary/aromatic N) is 1. The quantitative estimate of drug-likeness (QED) is 0.625. The van der Waals surface area contributed by atoms with E-state index >= 15 is 0 Å². The van der Waals surface area contributed by atoms with Crippen molar-refractivity contribution < 1.29 is 14.3 Å². The Hall–Kier alpha value is -1.06. The van der Waals surface area contributed by atoms with E-state index in [2.05, 4.69) is 4.74 Å². The maximum absolute atomic E-state index is 11.6. The molecule has 82 valence electrons. The van der Waals surface area contributed by atoms with Crippen LogP contribution in [0.4, 0.5) is 0 Å². The SMILES string of the molecule is CCCN(CC(=O)OC)C(=O)C(C)C. The Balaban J connectivity index is 4.28. The van der Waals surface area contributed by atoms with Crippen LogP contribution in [0.25, 0.3) is 0 Å². The summed E-state index contributed by atoms with van der Waals surface area (Å²) in [5, 5.41) is 0. The first kappa shape index (κ1) is 12.9. The molecule has 0 aliphatic heterocycles. The van der Waals surface area contributed by atoms with Crippen LogP contribution in [0.3, 0.4) is 0 Å². The van der Waals surface area contributed by atoms with Crippen LogP contribution in [0, 0.1) is 5.92 Å². The monoisotopic (exact) mass is 201 g/mol. The lowest BCUT2D eigenvalue weighted by atomic mass is 10.2. The van der Waals surface area contributed by atoms with Crippen LogP contribution in [-0.2, 0) is 14.3 Å². The van der Waals surface area contributed by atoms with Gasteiger partial charge >= 0.3 is 5.97 Å². The average molecular weight is 201 g/mol. The van der Waals surface area contributed by atoms with Gasteiger partial charge in [0, 0.05) is 12.5 Å². The summed E-state index contributed by atoms with van der Waals surface area (Å²) in [6, 6.07) is 0. The highest BCUT2D eigenvalue weighted by molar-refractivity contribution is 5.83. The Labute approximate surface area is 85.2 Å². The van der Waals surface area contributed by atoms with E-state index in [1.165, 1.54) is 12.0 Å². The maximum Gasteiger partial charge on any atom is 0.325 e. The molecule has 4 heteroatoms. The molecular formula is C10H19NO3. The molecule has 0 N–H and O–H groups in total. The molecule has 0 saturated carbocycles. The van der Waals surface area contributed by atoms with Crippen LogP contribution in [0.15, 0.2) is 0 Å². The third-order valence-electron chi connectivity index (χ3n) is 1.85. The number of hydrogen-bond acceptors (Lipinski definition) is 3. The van der Waals surface area contributed by atoms with Gasteiger partial charge in [0.05, 0.1) is 7.11 Å². The Morgan fingerprint density at radius 2 is 1.93 bits per heavy atom. The van der Waals surface area contributed by atoms with E-state index in [4.69, 9.17) is 0 Å². The zero-order chi connectivity index (χ0) is 11.1. The van der Waals surface area contributed by atoms with Gasteiger partial charge < -0.3 is 9.64 Å². The van der Waals surface area contributed by atoms with Crippen molar-refractivity contribution in [2.45, 2.75) is 27.2 Å². The molecule has 0 radical (unpaired) electrons. The molecule has 0 heterocycles. The molecule has 1 amide bonds. The molecular weight excluding hydrogens is 182 g/mol. The number of ether oxygens (including phenoxy) is 1. The largest absolute Gasteiger partial charge is 0.468 e. The second-order valence-corrected chi connectivity index (χ2v) is 3.49. The van der Waals surface area contributed by atoms with Gasteiger partial charge in [-0.1, -0.05) is 20.8 Å². The highest BCUT2D eigenvalue weighted by Gasteiger charge is 2.18. The predicted molar refractivity (Wildman–Crippen MR) is 53.7 cm³/mol. The van der Waals surface area contributed by atoms with Crippen LogP contribution < -0.4 is 0 Å². The molecule has 0 fully saturated rings. The summed E-state index contributed by atoms with van der Waals surface area (Å²) >= 11 is 0. The third kappa shape index (κ3) is 4.25. The number of methoxy groups -OCH3 is 1. The van der Waals surface area contributed by atoms with Crippen molar-refractivity contribution in [2.24, 2.45) is 5.92 Å². The Morgan fingerprint density at radius 1 is 1.36 bits per heavy atom. The van der Waals surface area contributed by atoms with Crippen molar-refractivity contribution in [1.82, 2.24) is 4.90 Å². The first-order valence-electron chi connectivity index (χ1n) is 4.88. The minimum absolute atomic E-state index is 0.00255. The molecule has 0 rings (SSSR count). The van der Waals surface area contributed by atoms with Crippen molar-refractivity contribution in [3.05, 3.63) is 0 Å². The van der Waals surface area contributed by atoms with E-state index in [0.29, 0.717) is 6.54 Å². The second-order valence-electron chi connectivity index (χ2n) is 3.49.